The minimum atomic E-state index is -0.00914. The second kappa shape index (κ2) is 5.88. The van der Waals surface area contributed by atoms with Crippen LogP contribution in [0.4, 0.5) is 0 Å². The molecule has 0 bridgehead atoms. The standard InChI is InChI=1S/C16H18N4O2S/c1-11(21)19-7-8-23-16-18-17-15(20(16)19)10-22-14-6-5-12-3-2-4-13(12)9-14/h5-6,9H,2-4,7-8,10H2,1H3. The van der Waals surface area contributed by atoms with Crippen LogP contribution < -0.4 is 9.75 Å². The van der Waals surface area contributed by atoms with Gasteiger partial charge in [0, 0.05) is 12.7 Å². The fraction of sp³-hybridized carbons (Fsp3) is 0.438. The summed E-state index contributed by atoms with van der Waals surface area (Å²) in [6.07, 6.45) is 3.51. The first-order valence-electron chi connectivity index (χ1n) is 7.82. The number of hydrogen-bond donors (Lipinski definition) is 0. The zero-order valence-corrected chi connectivity index (χ0v) is 13.8. The van der Waals surface area contributed by atoms with Crippen molar-refractivity contribution in [2.45, 2.75) is 37.9 Å². The molecule has 23 heavy (non-hydrogen) atoms. The second-order valence-corrected chi connectivity index (χ2v) is 6.84. The van der Waals surface area contributed by atoms with Gasteiger partial charge in [0.1, 0.15) is 12.4 Å². The SMILES string of the molecule is CC(=O)N1CCSc2nnc(COc3ccc4c(c3)CCC4)n21. The summed E-state index contributed by atoms with van der Waals surface area (Å²) in [5, 5.41) is 10.8. The summed E-state index contributed by atoms with van der Waals surface area (Å²) in [6, 6.07) is 6.27. The lowest BCUT2D eigenvalue weighted by atomic mass is 10.1. The number of aromatic nitrogens is 3. The zero-order valence-electron chi connectivity index (χ0n) is 13.0. The van der Waals surface area contributed by atoms with E-state index in [-0.39, 0.29) is 5.91 Å². The number of ether oxygens (including phenoxy) is 1. The molecule has 7 heteroatoms. The Hall–Kier alpha value is -2.02. The fourth-order valence-electron chi connectivity index (χ4n) is 3.13. The molecule has 0 radical (unpaired) electrons. The Balaban J connectivity index is 1.54. The van der Waals surface area contributed by atoms with Crippen molar-refractivity contribution in [3.8, 4) is 5.75 Å². The van der Waals surface area contributed by atoms with Gasteiger partial charge in [0.2, 0.25) is 11.1 Å². The van der Waals surface area contributed by atoms with Gasteiger partial charge in [-0.1, -0.05) is 17.8 Å². The molecule has 4 rings (SSSR count). The first kappa shape index (κ1) is 14.6. The van der Waals surface area contributed by atoms with E-state index in [9.17, 15) is 4.79 Å². The predicted octanol–water partition coefficient (Wildman–Crippen LogP) is 1.94. The molecule has 2 aliphatic rings. The largest absolute Gasteiger partial charge is 0.486 e. The Kier molecular flexibility index (Phi) is 3.72. The van der Waals surface area contributed by atoms with Crippen LogP contribution in [0.25, 0.3) is 0 Å². The number of hydrogen-bond acceptors (Lipinski definition) is 5. The molecule has 2 aromatic rings. The van der Waals surface area contributed by atoms with Gasteiger partial charge in [-0.15, -0.1) is 10.2 Å². The van der Waals surface area contributed by atoms with Gasteiger partial charge >= 0.3 is 0 Å². The van der Waals surface area contributed by atoms with Crippen molar-refractivity contribution in [1.82, 2.24) is 14.9 Å². The molecule has 6 nitrogen and oxygen atoms in total. The van der Waals surface area contributed by atoms with Crippen molar-refractivity contribution in [3.05, 3.63) is 35.2 Å². The number of amides is 1. The number of carbonyl (C=O) groups is 1. The molecule has 0 unspecified atom stereocenters. The third-order valence-corrected chi connectivity index (χ3v) is 5.15. The fourth-order valence-corrected chi connectivity index (χ4v) is 4.00. The molecule has 1 aromatic heterocycles. The van der Waals surface area contributed by atoms with E-state index in [0.29, 0.717) is 19.0 Å². The minimum Gasteiger partial charge on any atom is -0.486 e. The molecule has 1 aliphatic carbocycles. The van der Waals surface area contributed by atoms with E-state index in [2.05, 4.69) is 22.3 Å². The molecule has 1 aliphatic heterocycles. The monoisotopic (exact) mass is 330 g/mol. The number of nitrogens with zero attached hydrogens (tertiary/aromatic N) is 4. The topological polar surface area (TPSA) is 60.3 Å². The molecule has 1 amide bonds. The van der Waals surface area contributed by atoms with Crippen molar-refractivity contribution in [3.63, 3.8) is 0 Å². The van der Waals surface area contributed by atoms with Crippen molar-refractivity contribution >= 4 is 17.7 Å². The van der Waals surface area contributed by atoms with Gasteiger partial charge in [-0.05, 0) is 42.5 Å². The smallest absolute Gasteiger partial charge is 0.238 e. The number of fused-ring (bicyclic) bond motifs is 2. The summed E-state index contributed by atoms with van der Waals surface area (Å²) in [6.45, 7) is 2.53. The lowest BCUT2D eigenvalue weighted by Crippen LogP contribution is -2.44. The Morgan fingerprint density at radius 2 is 2.17 bits per heavy atom. The summed E-state index contributed by atoms with van der Waals surface area (Å²) in [5.41, 5.74) is 2.81. The van der Waals surface area contributed by atoms with Crippen molar-refractivity contribution in [2.24, 2.45) is 0 Å². The maximum Gasteiger partial charge on any atom is 0.238 e. The quantitative estimate of drug-likeness (QED) is 0.861. The summed E-state index contributed by atoms with van der Waals surface area (Å²) in [5.74, 6) is 2.33. The third-order valence-electron chi connectivity index (χ3n) is 4.25. The normalized spacial score (nSPS) is 16.1. The van der Waals surface area contributed by atoms with Crippen molar-refractivity contribution < 1.29 is 9.53 Å². The Bertz CT molecular complexity index is 759. The lowest BCUT2D eigenvalue weighted by Gasteiger charge is -2.27. The maximum absolute atomic E-state index is 11.8. The molecule has 0 saturated carbocycles. The molecule has 120 valence electrons. The van der Waals surface area contributed by atoms with E-state index in [4.69, 9.17) is 4.74 Å². The van der Waals surface area contributed by atoms with Crippen LogP contribution in [0.15, 0.2) is 23.4 Å². The Labute approximate surface area is 138 Å². The van der Waals surface area contributed by atoms with Gasteiger partial charge in [-0.25, -0.2) is 9.69 Å². The average molecular weight is 330 g/mol. The van der Waals surface area contributed by atoms with Gasteiger partial charge in [0.15, 0.2) is 5.82 Å². The highest BCUT2D eigenvalue weighted by atomic mass is 32.2. The summed E-state index contributed by atoms with van der Waals surface area (Å²) >= 11 is 1.61. The molecular formula is C16H18N4O2S. The van der Waals surface area contributed by atoms with E-state index in [1.54, 1.807) is 28.4 Å². The predicted molar refractivity (Wildman–Crippen MR) is 87.3 cm³/mol. The minimum absolute atomic E-state index is 0.00914. The highest BCUT2D eigenvalue weighted by molar-refractivity contribution is 7.99. The lowest BCUT2D eigenvalue weighted by molar-refractivity contribution is -0.118. The van der Waals surface area contributed by atoms with Crippen LogP contribution in [0, 0.1) is 0 Å². The van der Waals surface area contributed by atoms with Crippen LogP contribution in [0.2, 0.25) is 0 Å². The average Bonchev–Trinajstić information content (AvgIpc) is 3.18. The molecule has 0 N–H and O–H groups in total. The molecular weight excluding hydrogens is 312 g/mol. The number of thioether (sulfide) groups is 1. The van der Waals surface area contributed by atoms with Crippen LogP contribution in [0.5, 0.6) is 5.75 Å². The van der Waals surface area contributed by atoms with Crippen LogP contribution in [-0.4, -0.2) is 33.1 Å². The van der Waals surface area contributed by atoms with Gasteiger partial charge in [0.25, 0.3) is 0 Å². The number of benzene rings is 1. The van der Waals surface area contributed by atoms with E-state index < -0.39 is 0 Å². The van der Waals surface area contributed by atoms with E-state index in [1.807, 2.05) is 6.07 Å². The molecule has 0 spiro atoms. The highest BCUT2D eigenvalue weighted by Crippen LogP contribution is 2.27. The Morgan fingerprint density at radius 3 is 3.04 bits per heavy atom. The number of aryl methyl sites for hydroxylation is 2. The molecule has 0 saturated heterocycles. The van der Waals surface area contributed by atoms with E-state index in [1.165, 1.54) is 17.5 Å². The first-order chi connectivity index (χ1) is 11.2. The molecule has 0 fully saturated rings. The molecule has 0 atom stereocenters. The second-order valence-electron chi connectivity index (χ2n) is 5.77. The van der Waals surface area contributed by atoms with E-state index in [0.717, 1.165) is 29.5 Å². The Morgan fingerprint density at radius 1 is 1.30 bits per heavy atom. The van der Waals surface area contributed by atoms with Gasteiger partial charge in [0.05, 0.1) is 6.54 Å². The first-order valence-corrected chi connectivity index (χ1v) is 8.81. The van der Waals surface area contributed by atoms with Gasteiger partial charge in [-0.3, -0.25) is 4.79 Å². The van der Waals surface area contributed by atoms with Crippen molar-refractivity contribution in [2.75, 3.05) is 17.3 Å². The van der Waals surface area contributed by atoms with Gasteiger partial charge in [-0.2, -0.15) is 0 Å². The van der Waals surface area contributed by atoms with Crippen LogP contribution in [0.1, 0.15) is 30.3 Å². The molecule has 2 heterocycles. The summed E-state index contributed by atoms with van der Waals surface area (Å²) in [7, 11) is 0. The number of rotatable bonds is 3. The highest BCUT2D eigenvalue weighted by Gasteiger charge is 2.25. The number of carbonyl (C=O) groups excluding carboxylic acids is 1. The zero-order chi connectivity index (χ0) is 15.8. The van der Waals surface area contributed by atoms with Crippen LogP contribution in [-0.2, 0) is 24.2 Å². The van der Waals surface area contributed by atoms with E-state index >= 15 is 0 Å². The third kappa shape index (κ3) is 2.69. The maximum atomic E-state index is 11.8. The summed E-state index contributed by atoms with van der Waals surface area (Å²) < 4.78 is 7.68. The molecule has 1 aromatic carbocycles. The van der Waals surface area contributed by atoms with Crippen LogP contribution >= 0.6 is 11.8 Å². The van der Waals surface area contributed by atoms with Gasteiger partial charge < -0.3 is 4.74 Å². The summed E-state index contributed by atoms with van der Waals surface area (Å²) in [4.78, 5) is 11.8. The van der Waals surface area contributed by atoms with Crippen molar-refractivity contribution in [1.29, 1.82) is 0 Å². The van der Waals surface area contributed by atoms with Crippen LogP contribution in [0.3, 0.4) is 0 Å².